The first-order valence-electron chi connectivity index (χ1n) is 10.7. The minimum Gasteiger partial charge on any atom is -0.497 e. The molecular weight excluding hydrogens is 398 g/mol. The lowest BCUT2D eigenvalue weighted by Crippen LogP contribution is -2.33. The molecule has 4 aromatic rings. The van der Waals surface area contributed by atoms with Gasteiger partial charge in [0.2, 0.25) is 0 Å². The smallest absolute Gasteiger partial charge is 0.272 e. The molecule has 162 valence electrons. The molecule has 5 heteroatoms. The van der Waals surface area contributed by atoms with Crippen LogP contribution in [0.3, 0.4) is 0 Å². The van der Waals surface area contributed by atoms with Crippen LogP contribution in [0.2, 0.25) is 0 Å². The number of nitrogens with zero attached hydrogens (tertiary/aromatic N) is 3. The summed E-state index contributed by atoms with van der Waals surface area (Å²) in [6.45, 7) is 1.17. The van der Waals surface area contributed by atoms with Gasteiger partial charge in [0.25, 0.3) is 5.91 Å². The minimum absolute atomic E-state index is 0.0334. The second-order valence-corrected chi connectivity index (χ2v) is 7.72. The monoisotopic (exact) mass is 425 g/mol. The van der Waals surface area contributed by atoms with E-state index in [1.54, 1.807) is 11.8 Å². The Morgan fingerprint density at radius 2 is 1.59 bits per heavy atom. The van der Waals surface area contributed by atoms with Gasteiger partial charge in [-0.05, 0) is 35.7 Å². The Bertz CT molecular complexity index is 1170. The van der Waals surface area contributed by atoms with Crippen LogP contribution in [0.4, 0.5) is 0 Å². The van der Waals surface area contributed by atoms with E-state index in [1.807, 2.05) is 90.8 Å². The van der Waals surface area contributed by atoms with Crippen molar-refractivity contribution in [2.24, 2.45) is 7.05 Å². The molecule has 0 saturated carbocycles. The Morgan fingerprint density at radius 3 is 2.28 bits per heavy atom. The number of carbonyl (C=O) groups excluding carboxylic acids is 1. The van der Waals surface area contributed by atoms with Crippen LogP contribution in [0.5, 0.6) is 5.75 Å². The lowest BCUT2D eigenvalue weighted by atomic mass is 10.1. The van der Waals surface area contributed by atoms with Gasteiger partial charge in [-0.25, -0.2) is 0 Å². The molecule has 0 bridgehead atoms. The van der Waals surface area contributed by atoms with Gasteiger partial charge in [0.15, 0.2) is 0 Å². The normalized spacial score (nSPS) is 10.7. The molecule has 0 unspecified atom stereocenters. The molecule has 0 aliphatic rings. The van der Waals surface area contributed by atoms with Crippen LogP contribution in [0.1, 0.15) is 21.6 Å². The molecule has 0 N–H and O–H groups in total. The highest BCUT2D eigenvalue weighted by Gasteiger charge is 2.21. The van der Waals surface area contributed by atoms with Gasteiger partial charge in [-0.15, -0.1) is 0 Å². The van der Waals surface area contributed by atoms with Gasteiger partial charge in [0.1, 0.15) is 11.4 Å². The summed E-state index contributed by atoms with van der Waals surface area (Å²) in [6, 6.07) is 29.9. The minimum atomic E-state index is -0.0334. The Hall–Kier alpha value is -3.86. The highest BCUT2D eigenvalue weighted by atomic mass is 16.5. The van der Waals surface area contributed by atoms with Crippen molar-refractivity contribution in [1.82, 2.24) is 14.7 Å². The van der Waals surface area contributed by atoms with Crippen molar-refractivity contribution in [1.29, 1.82) is 0 Å². The summed E-state index contributed by atoms with van der Waals surface area (Å²) in [5.74, 6) is 0.725. The number of amides is 1. The molecule has 1 aromatic heterocycles. The van der Waals surface area contributed by atoms with Gasteiger partial charge in [-0.2, -0.15) is 5.10 Å². The molecule has 0 fully saturated rings. The number of rotatable bonds is 8. The van der Waals surface area contributed by atoms with E-state index in [0.29, 0.717) is 18.8 Å². The van der Waals surface area contributed by atoms with Gasteiger partial charge in [-0.3, -0.25) is 9.48 Å². The van der Waals surface area contributed by atoms with E-state index >= 15 is 0 Å². The number of hydrogen-bond acceptors (Lipinski definition) is 3. The highest BCUT2D eigenvalue weighted by Crippen LogP contribution is 2.24. The average molecular weight is 426 g/mol. The Kier molecular flexibility index (Phi) is 6.66. The highest BCUT2D eigenvalue weighted by molar-refractivity contribution is 5.93. The summed E-state index contributed by atoms with van der Waals surface area (Å²) in [5, 5.41) is 4.60. The zero-order valence-electron chi connectivity index (χ0n) is 18.4. The number of carbonyl (C=O) groups is 1. The fraction of sp³-hybridized carbons (Fsp3) is 0.185. The Morgan fingerprint density at radius 1 is 0.906 bits per heavy atom. The Labute approximate surface area is 188 Å². The van der Waals surface area contributed by atoms with Gasteiger partial charge in [0, 0.05) is 25.7 Å². The summed E-state index contributed by atoms with van der Waals surface area (Å²) in [7, 11) is 3.45. The van der Waals surface area contributed by atoms with E-state index in [2.05, 4.69) is 17.2 Å². The van der Waals surface area contributed by atoms with E-state index in [1.165, 1.54) is 5.56 Å². The maximum absolute atomic E-state index is 13.6. The molecule has 0 spiro atoms. The van der Waals surface area contributed by atoms with Gasteiger partial charge in [0.05, 0.1) is 12.8 Å². The first kappa shape index (κ1) is 21.4. The molecule has 0 radical (unpaired) electrons. The third kappa shape index (κ3) is 5.06. The molecule has 3 aromatic carbocycles. The summed E-state index contributed by atoms with van der Waals surface area (Å²) in [5.41, 5.74) is 4.53. The van der Waals surface area contributed by atoms with Crippen LogP contribution in [-0.4, -0.2) is 34.2 Å². The van der Waals surface area contributed by atoms with Crippen molar-refractivity contribution in [3.05, 3.63) is 108 Å². The fourth-order valence-electron chi connectivity index (χ4n) is 3.72. The SMILES string of the molecule is COc1cccc(-c2cc(C(=O)N(CCc3ccccc3)Cc3ccccc3)n(C)n2)c1. The van der Waals surface area contributed by atoms with Crippen molar-refractivity contribution >= 4 is 5.91 Å². The van der Waals surface area contributed by atoms with Crippen LogP contribution >= 0.6 is 0 Å². The molecule has 0 aliphatic heterocycles. The molecule has 0 saturated heterocycles. The molecule has 1 heterocycles. The Balaban J connectivity index is 1.60. The molecule has 32 heavy (non-hydrogen) atoms. The predicted octanol–water partition coefficient (Wildman–Crippen LogP) is 4.98. The van der Waals surface area contributed by atoms with Crippen molar-refractivity contribution < 1.29 is 9.53 Å². The standard InChI is InChI=1S/C27H27N3O2/c1-29-26(19-25(28-29)23-14-9-15-24(18-23)32-2)27(31)30(20-22-12-7-4-8-13-22)17-16-21-10-5-3-6-11-21/h3-15,18-19H,16-17,20H2,1-2H3. The second-order valence-electron chi connectivity index (χ2n) is 7.72. The quantitative estimate of drug-likeness (QED) is 0.400. The number of hydrogen-bond donors (Lipinski definition) is 0. The third-order valence-electron chi connectivity index (χ3n) is 5.48. The maximum atomic E-state index is 13.6. The summed E-state index contributed by atoms with van der Waals surface area (Å²) in [4.78, 5) is 15.5. The summed E-state index contributed by atoms with van der Waals surface area (Å²) in [6.07, 6.45) is 0.792. The van der Waals surface area contributed by atoms with E-state index in [-0.39, 0.29) is 5.91 Å². The summed E-state index contributed by atoms with van der Waals surface area (Å²) < 4.78 is 6.99. The van der Waals surface area contributed by atoms with E-state index in [0.717, 1.165) is 29.0 Å². The van der Waals surface area contributed by atoms with Crippen LogP contribution in [0, 0.1) is 0 Å². The molecule has 0 atom stereocenters. The van der Waals surface area contributed by atoms with Crippen molar-refractivity contribution in [2.75, 3.05) is 13.7 Å². The first-order chi connectivity index (χ1) is 15.6. The van der Waals surface area contributed by atoms with Gasteiger partial charge in [-0.1, -0.05) is 72.8 Å². The predicted molar refractivity (Wildman–Crippen MR) is 127 cm³/mol. The molecule has 1 amide bonds. The zero-order valence-corrected chi connectivity index (χ0v) is 18.4. The van der Waals surface area contributed by atoms with E-state index in [9.17, 15) is 4.79 Å². The second kappa shape index (κ2) is 9.96. The fourth-order valence-corrected chi connectivity index (χ4v) is 3.72. The first-order valence-corrected chi connectivity index (χ1v) is 10.7. The maximum Gasteiger partial charge on any atom is 0.272 e. The van der Waals surface area contributed by atoms with Crippen molar-refractivity contribution in [3.8, 4) is 17.0 Å². The average Bonchev–Trinajstić information content (AvgIpc) is 3.24. The lowest BCUT2D eigenvalue weighted by Gasteiger charge is -2.23. The molecule has 0 aliphatic carbocycles. The van der Waals surface area contributed by atoms with Crippen LogP contribution in [0.15, 0.2) is 91.0 Å². The largest absolute Gasteiger partial charge is 0.497 e. The number of aromatic nitrogens is 2. The zero-order chi connectivity index (χ0) is 22.3. The van der Waals surface area contributed by atoms with Crippen molar-refractivity contribution in [2.45, 2.75) is 13.0 Å². The molecule has 5 nitrogen and oxygen atoms in total. The van der Waals surface area contributed by atoms with Gasteiger partial charge >= 0.3 is 0 Å². The van der Waals surface area contributed by atoms with Crippen LogP contribution < -0.4 is 4.74 Å². The topological polar surface area (TPSA) is 47.4 Å². The lowest BCUT2D eigenvalue weighted by molar-refractivity contribution is 0.0734. The summed E-state index contributed by atoms with van der Waals surface area (Å²) >= 11 is 0. The number of benzene rings is 3. The van der Waals surface area contributed by atoms with E-state index in [4.69, 9.17) is 4.74 Å². The molecule has 4 rings (SSSR count). The number of aryl methyl sites for hydroxylation is 1. The van der Waals surface area contributed by atoms with Gasteiger partial charge < -0.3 is 9.64 Å². The number of ether oxygens (including phenoxy) is 1. The van der Waals surface area contributed by atoms with Crippen LogP contribution in [0.25, 0.3) is 11.3 Å². The van der Waals surface area contributed by atoms with Crippen molar-refractivity contribution in [3.63, 3.8) is 0 Å². The van der Waals surface area contributed by atoms with E-state index < -0.39 is 0 Å². The third-order valence-corrected chi connectivity index (χ3v) is 5.48. The molecular formula is C27H27N3O2. The number of methoxy groups -OCH3 is 1. The van der Waals surface area contributed by atoms with Crippen LogP contribution in [-0.2, 0) is 20.0 Å².